The number of hydrogen-bond acceptors (Lipinski definition) is 3. The lowest BCUT2D eigenvalue weighted by atomic mass is 9.99. The standard InChI is InChI=1S/C19H20N2O2/c1-13-5-4-6-18(14(13)2)21-19(22)16(12-20)11-15-7-9-17(23-3)10-8-15/h4-10,16H,11H2,1-3H3,(H,21,22). The van der Waals surface area contributed by atoms with Crippen LogP contribution < -0.4 is 10.1 Å². The third kappa shape index (κ3) is 4.10. The predicted octanol–water partition coefficient (Wildman–Crippen LogP) is 3.63. The van der Waals surface area contributed by atoms with Gasteiger partial charge in [-0.15, -0.1) is 0 Å². The van der Waals surface area contributed by atoms with E-state index in [0.717, 1.165) is 28.1 Å². The van der Waals surface area contributed by atoms with Gasteiger partial charge in [0.1, 0.15) is 11.7 Å². The average Bonchev–Trinajstić information content (AvgIpc) is 2.57. The van der Waals surface area contributed by atoms with E-state index in [9.17, 15) is 10.1 Å². The average molecular weight is 308 g/mol. The zero-order valence-corrected chi connectivity index (χ0v) is 13.6. The van der Waals surface area contributed by atoms with E-state index in [2.05, 4.69) is 11.4 Å². The van der Waals surface area contributed by atoms with E-state index in [-0.39, 0.29) is 5.91 Å². The quantitative estimate of drug-likeness (QED) is 0.917. The first-order chi connectivity index (χ1) is 11.0. The number of ether oxygens (including phenoxy) is 1. The molecule has 2 aromatic rings. The van der Waals surface area contributed by atoms with Crippen LogP contribution in [0.15, 0.2) is 42.5 Å². The molecule has 23 heavy (non-hydrogen) atoms. The van der Waals surface area contributed by atoms with E-state index < -0.39 is 5.92 Å². The van der Waals surface area contributed by atoms with E-state index in [0.29, 0.717) is 6.42 Å². The SMILES string of the molecule is COc1ccc(CC(C#N)C(=O)Nc2cccc(C)c2C)cc1. The number of benzene rings is 2. The molecule has 0 aliphatic carbocycles. The van der Waals surface area contributed by atoms with Gasteiger partial charge < -0.3 is 10.1 Å². The molecule has 1 amide bonds. The molecule has 0 saturated heterocycles. The maximum Gasteiger partial charge on any atom is 0.242 e. The highest BCUT2D eigenvalue weighted by Gasteiger charge is 2.19. The lowest BCUT2D eigenvalue weighted by Gasteiger charge is -2.13. The smallest absolute Gasteiger partial charge is 0.242 e. The van der Waals surface area contributed by atoms with E-state index in [4.69, 9.17) is 4.74 Å². The number of carbonyl (C=O) groups excluding carboxylic acids is 1. The minimum absolute atomic E-state index is 0.281. The van der Waals surface area contributed by atoms with Crippen LogP contribution in [-0.2, 0) is 11.2 Å². The van der Waals surface area contributed by atoms with Gasteiger partial charge >= 0.3 is 0 Å². The summed E-state index contributed by atoms with van der Waals surface area (Å²) in [4.78, 5) is 12.4. The van der Waals surface area contributed by atoms with Crippen molar-refractivity contribution in [2.24, 2.45) is 5.92 Å². The summed E-state index contributed by atoms with van der Waals surface area (Å²) in [5, 5.41) is 12.2. The topological polar surface area (TPSA) is 62.1 Å². The molecule has 0 aliphatic heterocycles. The Hall–Kier alpha value is -2.80. The first-order valence-corrected chi connectivity index (χ1v) is 7.44. The highest BCUT2D eigenvalue weighted by atomic mass is 16.5. The van der Waals surface area contributed by atoms with Crippen LogP contribution in [0, 0.1) is 31.1 Å². The van der Waals surface area contributed by atoms with Crippen molar-refractivity contribution >= 4 is 11.6 Å². The van der Waals surface area contributed by atoms with Crippen LogP contribution in [0.2, 0.25) is 0 Å². The first-order valence-electron chi connectivity index (χ1n) is 7.44. The first kappa shape index (κ1) is 16.6. The Labute approximate surface area is 136 Å². The number of aryl methyl sites for hydroxylation is 1. The molecule has 4 heteroatoms. The molecule has 0 radical (unpaired) electrons. The van der Waals surface area contributed by atoms with Gasteiger partial charge in [0, 0.05) is 5.69 Å². The molecule has 4 nitrogen and oxygen atoms in total. The van der Waals surface area contributed by atoms with Crippen molar-refractivity contribution in [3.8, 4) is 11.8 Å². The van der Waals surface area contributed by atoms with E-state index in [1.54, 1.807) is 7.11 Å². The highest BCUT2D eigenvalue weighted by molar-refractivity contribution is 5.95. The maximum atomic E-state index is 12.4. The molecule has 118 valence electrons. The van der Waals surface area contributed by atoms with Crippen molar-refractivity contribution in [1.82, 2.24) is 0 Å². The third-order valence-corrected chi connectivity index (χ3v) is 3.93. The number of methoxy groups -OCH3 is 1. The number of nitrogens with zero attached hydrogens (tertiary/aromatic N) is 1. The van der Waals surface area contributed by atoms with Crippen LogP contribution in [-0.4, -0.2) is 13.0 Å². The van der Waals surface area contributed by atoms with Crippen molar-refractivity contribution in [2.45, 2.75) is 20.3 Å². The molecule has 0 saturated carbocycles. The van der Waals surface area contributed by atoms with Crippen LogP contribution in [0.25, 0.3) is 0 Å². The molecule has 0 heterocycles. The van der Waals surface area contributed by atoms with Crippen LogP contribution in [0.1, 0.15) is 16.7 Å². The van der Waals surface area contributed by atoms with Crippen molar-refractivity contribution in [1.29, 1.82) is 5.26 Å². The number of nitrogens with one attached hydrogen (secondary N) is 1. The van der Waals surface area contributed by atoms with Gasteiger partial charge in [-0.3, -0.25) is 4.79 Å². The molecule has 2 rings (SSSR count). The van der Waals surface area contributed by atoms with Gasteiger partial charge in [-0.2, -0.15) is 5.26 Å². The molecule has 0 aromatic heterocycles. The lowest BCUT2D eigenvalue weighted by molar-refractivity contribution is -0.118. The molecular weight excluding hydrogens is 288 g/mol. The second-order valence-electron chi connectivity index (χ2n) is 5.47. The fourth-order valence-corrected chi connectivity index (χ4v) is 2.30. The maximum absolute atomic E-state index is 12.4. The van der Waals surface area contributed by atoms with E-state index in [1.807, 2.05) is 56.3 Å². The van der Waals surface area contributed by atoms with Crippen molar-refractivity contribution in [3.05, 3.63) is 59.2 Å². The molecule has 1 unspecified atom stereocenters. The molecule has 1 N–H and O–H groups in total. The Balaban J connectivity index is 2.09. The van der Waals surface area contributed by atoms with Crippen molar-refractivity contribution in [2.75, 3.05) is 12.4 Å². The third-order valence-electron chi connectivity index (χ3n) is 3.93. The van der Waals surface area contributed by atoms with Gasteiger partial charge in [0.2, 0.25) is 5.91 Å². The van der Waals surface area contributed by atoms with Gasteiger partial charge in [0.15, 0.2) is 0 Å². The van der Waals surface area contributed by atoms with Crippen LogP contribution in [0.4, 0.5) is 5.69 Å². The van der Waals surface area contributed by atoms with Crippen molar-refractivity contribution in [3.63, 3.8) is 0 Å². The summed E-state index contributed by atoms with van der Waals surface area (Å²) in [7, 11) is 1.60. The number of hydrogen-bond donors (Lipinski definition) is 1. The van der Waals surface area contributed by atoms with Gasteiger partial charge in [0.25, 0.3) is 0 Å². The van der Waals surface area contributed by atoms with Gasteiger partial charge in [-0.25, -0.2) is 0 Å². The normalized spacial score (nSPS) is 11.4. The van der Waals surface area contributed by atoms with E-state index in [1.165, 1.54) is 0 Å². The number of nitriles is 1. The Morgan fingerprint density at radius 2 is 1.91 bits per heavy atom. The van der Waals surface area contributed by atoms with Crippen LogP contribution in [0.5, 0.6) is 5.75 Å². The second kappa shape index (κ2) is 7.46. The van der Waals surface area contributed by atoms with Crippen molar-refractivity contribution < 1.29 is 9.53 Å². The summed E-state index contributed by atoms with van der Waals surface area (Å²) in [6.07, 6.45) is 0.372. The molecular formula is C19H20N2O2. The van der Waals surface area contributed by atoms with Crippen LogP contribution >= 0.6 is 0 Å². The molecule has 0 aliphatic rings. The Morgan fingerprint density at radius 1 is 1.22 bits per heavy atom. The largest absolute Gasteiger partial charge is 0.497 e. The van der Waals surface area contributed by atoms with E-state index >= 15 is 0 Å². The summed E-state index contributed by atoms with van der Waals surface area (Å²) in [5.41, 5.74) is 3.80. The Bertz CT molecular complexity index is 730. The zero-order chi connectivity index (χ0) is 16.8. The molecule has 0 spiro atoms. The Morgan fingerprint density at radius 3 is 2.52 bits per heavy atom. The lowest BCUT2D eigenvalue weighted by Crippen LogP contribution is -2.24. The second-order valence-corrected chi connectivity index (χ2v) is 5.47. The Kier molecular flexibility index (Phi) is 5.37. The highest BCUT2D eigenvalue weighted by Crippen LogP contribution is 2.20. The molecule has 0 fully saturated rings. The number of amides is 1. The molecule has 1 atom stereocenters. The van der Waals surface area contributed by atoms with Gasteiger partial charge in [-0.05, 0) is 55.2 Å². The summed E-state index contributed by atoms with van der Waals surface area (Å²) in [6.45, 7) is 3.94. The fraction of sp³-hybridized carbons (Fsp3) is 0.263. The summed E-state index contributed by atoms with van der Waals surface area (Å²) < 4.78 is 5.11. The summed E-state index contributed by atoms with van der Waals surface area (Å²) in [5.74, 6) is -0.262. The summed E-state index contributed by atoms with van der Waals surface area (Å²) in [6, 6.07) is 15.2. The fourth-order valence-electron chi connectivity index (χ4n) is 2.30. The minimum Gasteiger partial charge on any atom is -0.497 e. The van der Waals surface area contributed by atoms with Crippen LogP contribution in [0.3, 0.4) is 0 Å². The van der Waals surface area contributed by atoms with Gasteiger partial charge in [-0.1, -0.05) is 24.3 Å². The number of anilines is 1. The number of carbonyl (C=O) groups is 1. The monoisotopic (exact) mass is 308 g/mol. The summed E-state index contributed by atoms with van der Waals surface area (Å²) >= 11 is 0. The molecule has 0 bridgehead atoms. The molecule has 2 aromatic carbocycles. The number of rotatable bonds is 5. The predicted molar refractivity (Wildman–Crippen MR) is 90.3 cm³/mol. The van der Waals surface area contributed by atoms with Gasteiger partial charge in [0.05, 0.1) is 13.2 Å². The minimum atomic E-state index is -0.733. The zero-order valence-electron chi connectivity index (χ0n) is 13.6.